The highest BCUT2D eigenvalue weighted by Crippen LogP contribution is 2.22. The van der Waals surface area contributed by atoms with Crippen LogP contribution in [0, 0.1) is 0 Å². The molecule has 0 saturated carbocycles. The lowest BCUT2D eigenvalue weighted by Crippen LogP contribution is -2.59. The first-order valence-electron chi connectivity index (χ1n) is 9.22. The van der Waals surface area contributed by atoms with Gasteiger partial charge in [0, 0.05) is 24.0 Å². The summed E-state index contributed by atoms with van der Waals surface area (Å²) in [6.07, 6.45) is 0.0388. The molecule has 0 fully saturated rings. The highest BCUT2D eigenvalue weighted by atomic mass is 28.4. The number of hydrogen-bond acceptors (Lipinski definition) is 3. The van der Waals surface area contributed by atoms with Crippen molar-refractivity contribution < 1.29 is 13.3 Å². The summed E-state index contributed by atoms with van der Waals surface area (Å²) in [7, 11) is -2.96. The Balaban J connectivity index is 2.35. The first kappa shape index (κ1) is 20.6. The molecule has 0 N–H and O–H groups in total. The molecule has 0 aromatic heterocycles. The maximum Gasteiger partial charge on any atom is 0.537 e. The fraction of sp³-hybridized carbons (Fsp3) is 0.364. The minimum absolute atomic E-state index is 0.0194. The van der Waals surface area contributed by atoms with Crippen molar-refractivity contribution in [1.29, 1.82) is 0 Å². The van der Waals surface area contributed by atoms with Crippen LogP contribution in [0.5, 0.6) is 0 Å². The summed E-state index contributed by atoms with van der Waals surface area (Å²) >= 11 is 0. The van der Waals surface area contributed by atoms with Gasteiger partial charge in [-0.1, -0.05) is 61.2 Å². The van der Waals surface area contributed by atoms with Crippen molar-refractivity contribution in [3.8, 4) is 0 Å². The van der Waals surface area contributed by atoms with Gasteiger partial charge in [-0.05, 0) is 51.3 Å². The maximum atomic E-state index is 6.23. The van der Waals surface area contributed by atoms with E-state index in [0.29, 0.717) is 6.61 Å². The van der Waals surface area contributed by atoms with Crippen molar-refractivity contribution >= 4 is 19.6 Å². The largest absolute Gasteiger partial charge is 0.537 e. The van der Waals surface area contributed by atoms with Crippen molar-refractivity contribution in [3.63, 3.8) is 0 Å². The third kappa shape index (κ3) is 5.14. The predicted octanol–water partition coefficient (Wildman–Crippen LogP) is 4.78. The average Bonchev–Trinajstić information content (AvgIpc) is 2.61. The van der Waals surface area contributed by atoms with Crippen molar-refractivity contribution in [2.75, 3.05) is 6.61 Å². The molecule has 2 aromatic rings. The summed E-state index contributed by atoms with van der Waals surface area (Å²) in [6, 6.07) is 18.4. The number of benzene rings is 2. The Morgan fingerprint density at radius 3 is 1.81 bits per heavy atom. The zero-order valence-electron chi connectivity index (χ0n) is 16.5. The summed E-state index contributed by atoms with van der Waals surface area (Å²) in [5.74, 6) is 0. The van der Waals surface area contributed by atoms with Gasteiger partial charge in [-0.25, -0.2) is 0 Å². The van der Waals surface area contributed by atoms with Crippen LogP contribution in [0.25, 0.3) is 5.57 Å². The quantitative estimate of drug-likeness (QED) is 0.595. The van der Waals surface area contributed by atoms with Crippen LogP contribution < -0.4 is 5.19 Å². The van der Waals surface area contributed by atoms with Crippen molar-refractivity contribution in [3.05, 3.63) is 72.3 Å². The molecule has 0 bridgehead atoms. The van der Waals surface area contributed by atoms with Gasteiger partial charge in [0.2, 0.25) is 0 Å². The van der Waals surface area contributed by atoms with Gasteiger partial charge in [-0.3, -0.25) is 0 Å². The molecule has 2 rings (SSSR count). The predicted molar refractivity (Wildman–Crippen MR) is 110 cm³/mol. The molecule has 0 saturated heterocycles. The molecular weight excluding hydrogens is 340 g/mol. The maximum absolute atomic E-state index is 6.23. The van der Waals surface area contributed by atoms with E-state index in [-0.39, 0.29) is 12.2 Å². The van der Waals surface area contributed by atoms with E-state index in [1.54, 1.807) is 0 Å². The molecule has 0 atom stereocenters. The van der Waals surface area contributed by atoms with E-state index < -0.39 is 8.80 Å². The van der Waals surface area contributed by atoms with E-state index in [2.05, 4.69) is 43.0 Å². The highest BCUT2D eigenvalue weighted by Gasteiger charge is 2.45. The lowest BCUT2D eigenvalue weighted by Gasteiger charge is -2.33. The Hall–Kier alpha value is -1.72. The molecule has 140 valence electrons. The van der Waals surface area contributed by atoms with Crippen LogP contribution in [0.1, 0.15) is 45.7 Å². The Kier molecular flexibility index (Phi) is 7.35. The molecule has 0 aliphatic rings. The zero-order valence-corrected chi connectivity index (χ0v) is 17.5. The van der Waals surface area contributed by atoms with Crippen LogP contribution in [0.4, 0.5) is 0 Å². The van der Waals surface area contributed by atoms with Crippen LogP contribution in [0.3, 0.4) is 0 Å². The Morgan fingerprint density at radius 2 is 1.35 bits per heavy atom. The SMILES string of the molecule is C=C(c1ccccc1)c1ccc([Si](OCC)(OC(C)C)OC(C)C)cc1. The molecule has 0 unspecified atom stereocenters. The molecule has 2 aromatic carbocycles. The second-order valence-electron chi connectivity index (χ2n) is 6.74. The molecule has 0 radical (unpaired) electrons. The molecule has 0 amide bonds. The van der Waals surface area contributed by atoms with Gasteiger partial charge >= 0.3 is 8.80 Å². The number of hydrogen-bond donors (Lipinski definition) is 0. The molecular formula is C22H30O3Si. The Labute approximate surface area is 159 Å². The van der Waals surface area contributed by atoms with E-state index in [9.17, 15) is 0 Å². The van der Waals surface area contributed by atoms with Crippen LogP contribution in [0.2, 0.25) is 0 Å². The van der Waals surface area contributed by atoms with Gasteiger partial charge in [-0.2, -0.15) is 0 Å². The van der Waals surface area contributed by atoms with E-state index in [1.165, 1.54) is 0 Å². The fourth-order valence-electron chi connectivity index (χ4n) is 2.81. The van der Waals surface area contributed by atoms with Gasteiger partial charge in [0.15, 0.2) is 0 Å². The molecule has 26 heavy (non-hydrogen) atoms. The summed E-state index contributed by atoms with van der Waals surface area (Å²) in [6.45, 7) is 14.8. The Morgan fingerprint density at radius 1 is 0.846 bits per heavy atom. The lowest BCUT2D eigenvalue weighted by molar-refractivity contribution is 0.0348. The fourth-order valence-corrected chi connectivity index (χ4v) is 5.63. The average molecular weight is 371 g/mol. The van der Waals surface area contributed by atoms with Crippen molar-refractivity contribution in [2.45, 2.75) is 46.8 Å². The third-order valence-corrected chi connectivity index (χ3v) is 7.10. The van der Waals surface area contributed by atoms with Crippen molar-refractivity contribution in [2.24, 2.45) is 0 Å². The van der Waals surface area contributed by atoms with Crippen molar-refractivity contribution in [1.82, 2.24) is 0 Å². The van der Waals surface area contributed by atoms with E-state index >= 15 is 0 Å². The minimum Gasteiger partial charge on any atom is -0.370 e. The van der Waals surface area contributed by atoms with Gasteiger partial charge < -0.3 is 13.3 Å². The minimum atomic E-state index is -2.96. The molecule has 0 aliphatic heterocycles. The second kappa shape index (κ2) is 9.28. The summed E-state index contributed by atoms with van der Waals surface area (Å²) < 4.78 is 18.6. The van der Waals surface area contributed by atoms with Crippen LogP contribution in [-0.4, -0.2) is 27.6 Å². The molecule has 4 heteroatoms. The van der Waals surface area contributed by atoms with E-state index in [1.807, 2.05) is 52.8 Å². The standard InChI is InChI=1S/C22H30O3Si/c1-7-23-26(24-17(2)3,25-18(4)5)22-15-13-21(14-16-22)19(6)20-11-9-8-10-12-20/h8-18H,6-7H2,1-5H3. The van der Waals surface area contributed by atoms with Crippen LogP contribution in [-0.2, 0) is 13.3 Å². The van der Waals surface area contributed by atoms with Gasteiger partial charge in [0.05, 0.1) is 0 Å². The molecule has 0 spiro atoms. The molecule has 0 aliphatic carbocycles. The van der Waals surface area contributed by atoms with Gasteiger partial charge in [-0.15, -0.1) is 0 Å². The smallest absolute Gasteiger partial charge is 0.370 e. The molecule has 0 heterocycles. The topological polar surface area (TPSA) is 27.7 Å². The first-order valence-corrected chi connectivity index (χ1v) is 10.9. The normalized spacial score (nSPS) is 12.0. The van der Waals surface area contributed by atoms with E-state index in [0.717, 1.165) is 21.9 Å². The molecule has 3 nitrogen and oxygen atoms in total. The highest BCUT2D eigenvalue weighted by molar-refractivity contribution is 6.75. The number of rotatable bonds is 9. The third-order valence-electron chi connectivity index (χ3n) is 3.83. The second-order valence-corrected chi connectivity index (χ2v) is 9.19. The lowest BCUT2D eigenvalue weighted by atomic mass is 10.00. The van der Waals surface area contributed by atoms with Crippen LogP contribution >= 0.6 is 0 Å². The first-order chi connectivity index (χ1) is 12.4. The van der Waals surface area contributed by atoms with Crippen LogP contribution in [0.15, 0.2) is 61.2 Å². The summed E-state index contributed by atoms with van der Waals surface area (Å²) in [5, 5.41) is 0.978. The Bertz CT molecular complexity index is 683. The summed E-state index contributed by atoms with van der Waals surface area (Å²) in [5.41, 5.74) is 3.19. The monoisotopic (exact) mass is 370 g/mol. The van der Waals surface area contributed by atoms with E-state index in [4.69, 9.17) is 13.3 Å². The van der Waals surface area contributed by atoms with Gasteiger partial charge in [0.25, 0.3) is 0 Å². The van der Waals surface area contributed by atoms with Gasteiger partial charge in [0.1, 0.15) is 0 Å². The zero-order chi connectivity index (χ0) is 19.2. The summed E-state index contributed by atoms with van der Waals surface area (Å²) in [4.78, 5) is 0.